The van der Waals surface area contributed by atoms with Crippen LogP contribution in [0.5, 0.6) is 0 Å². The highest BCUT2D eigenvalue weighted by Crippen LogP contribution is 2.32. The number of aryl methyl sites for hydroxylation is 2. The Morgan fingerprint density at radius 2 is 1.70 bits per heavy atom. The summed E-state index contributed by atoms with van der Waals surface area (Å²) in [6, 6.07) is 12.0. The second-order valence-electron chi connectivity index (χ2n) is 8.03. The molecule has 30 heavy (non-hydrogen) atoms. The first kappa shape index (κ1) is 22.0. The predicted molar refractivity (Wildman–Crippen MR) is 123 cm³/mol. The van der Waals surface area contributed by atoms with E-state index in [0.717, 1.165) is 28.2 Å². The predicted octanol–water partition coefficient (Wildman–Crippen LogP) is 5.26. The van der Waals surface area contributed by atoms with Gasteiger partial charge in [-0.15, -0.1) is 10.2 Å². The highest BCUT2D eigenvalue weighted by Gasteiger charge is 2.16. The monoisotopic (exact) mass is 423 g/mol. The Labute approximate surface area is 182 Å². The maximum Gasteiger partial charge on any atom is 0.234 e. The van der Waals surface area contributed by atoms with E-state index in [4.69, 9.17) is 0 Å². The van der Waals surface area contributed by atoms with Crippen LogP contribution in [-0.4, -0.2) is 31.6 Å². The Hall–Kier alpha value is -2.67. The number of hydrogen-bond donors (Lipinski definition) is 1. The molecule has 0 radical (unpaired) electrons. The Morgan fingerprint density at radius 1 is 1.03 bits per heavy atom. The molecule has 0 bridgehead atoms. The number of nitrogens with one attached hydrogen (secondary N) is 1. The molecule has 0 aliphatic heterocycles. The molecule has 0 saturated heterocycles. The molecule has 0 saturated carbocycles. The van der Waals surface area contributed by atoms with Crippen LogP contribution in [0.3, 0.4) is 0 Å². The zero-order valence-corrected chi connectivity index (χ0v) is 19.2. The molecule has 0 aliphatic rings. The lowest BCUT2D eigenvalue weighted by Gasteiger charge is -2.20. The number of nitrogens with zero attached hydrogens (tertiary/aromatic N) is 4. The number of rotatable bonds is 7. The standard InChI is InChI=1S/C23H29N5OS/c1-14(2)18-8-7-9-19(15(3)4)23(18)24-21(29)13-30-22-11-10-20(25-26-22)28-17(6)12-16(5)27-28/h7-12,14-15H,13H2,1-6H3,(H,24,29). The van der Waals surface area contributed by atoms with Crippen molar-refractivity contribution in [3.8, 4) is 5.82 Å². The van der Waals surface area contributed by atoms with Gasteiger partial charge in [0, 0.05) is 11.4 Å². The van der Waals surface area contributed by atoms with Crippen molar-refractivity contribution in [1.29, 1.82) is 0 Å². The number of carbonyl (C=O) groups is 1. The van der Waals surface area contributed by atoms with Crippen molar-refractivity contribution < 1.29 is 4.79 Å². The van der Waals surface area contributed by atoms with E-state index in [9.17, 15) is 4.79 Å². The molecule has 0 aliphatic carbocycles. The van der Waals surface area contributed by atoms with E-state index >= 15 is 0 Å². The van der Waals surface area contributed by atoms with Crippen molar-refractivity contribution in [1.82, 2.24) is 20.0 Å². The van der Waals surface area contributed by atoms with Gasteiger partial charge in [0.1, 0.15) is 5.03 Å². The molecular formula is C23H29N5OS. The highest BCUT2D eigenvalue weighted by atomic mass is 32.2. The van der Waals surface area contributed by atoms with Crippen molar-refractivity contribution >= 4 is 23.4 Å². The average Bonchev–Trinajstić information content (AvgIpc) is 3.04. The second kappa shape index (κ2) is 9.43. The van der Waals surface area contributed by atoms with Crippen LogP contribution in [-0.2, 0) is 4.79 Å². The molecule has 0 atom stereocenters. The quantitative estimate of drug-likeness (QED) is 0.525. The smallest absolute Gasteiger partial charge is 0.234 e. The number of para-hydroxylation sites is 1. The van der Waals surface area contributed by atoms with Gasteiger partial charge in [-0.1, -0.05) is 57.7 Å². The second-order valence-corrected chi connectivity index (χ2v) is 9.02. The van der Waals surface area contributed by atoms with Crippen molar-refractivity contribution in [2.45, 2.75) is 58.4 Å². The number of amides is 1. The summed E-state index contributed by atoms with van der Waals surface area (Å²) in [5.74, 6) is 1.57. The van der Waals surface area contributed by atoms with E-state index in [0.29, 0.717) is 22.7 Å². The SMILES string of the molecule is Cc1cc(C)n(-c2ccc(SCC(=O)Nc3c(C(C)C)cccc3C(C)C)nn2)n1. The summed E-state index contributed by atoms with van der Waals surface area (Å²) in [5.41, 5.74) is 5.21. The van der Waals surface area contributed by atoms with E-state index < -0.39 is 0 Å². The third kappa shape index (κ3) is 5.08. The summed E-state index contributed by atoms with van der Waals surface area (Å²) < 4.78 is 1.76. The molecule has 0 spiro atoms. The zero-order chi connectivity index (χ0) is 21.8. The molecule has 3 rings (SSSR count). The molecule has 3 aromatic rings. The van der Waals surface area contributed by atoms with Gasteiger partial charge in [0.15, 0.2) is 5.82 Å². The van der Waals surface area contributed by atoms with E-state index in [1.165, 1.54) is 11.8 Å². The van der Waals surface area contributed by atoms with E-state index in [1.807, 2.05) is 32.0 Å². The van der Waals surface area contributed by atoms with Crippen molar-refractivity contribution in [3.05, 3.63) is 58.9 Å². The van der Waals surface area contributed by atoms with Gasteiger partial charge < -0.3 is 5.32 Å². The third-order valence-electron chi connectivity index (χ3n) is 4.84. The lowest BCUT2D eigenvalue weighted by molar-refractivity contribution is -0.113. The number of benzene rings is 1. The molecule has 2 heterocycles. The van der Waals surface area contributed by atoms with Crippen LogP contribution in [0.25, 0.3) is 5.82 Å². The van der Waals surface area contributed by atoms with Gasteiger partial charge >= 0.3 is 0 Å². The molecule has 6 nitrogen and oxygen atoms in total. The molecular weight excluding hydrogens is 394 g/mol. The van der Waals surface area contributed by atoms with E-state index in [-0.39, 0.29) is 11.7 Å². The van der Waals surface area contributed by atoms with Crippen LogP contribution in [0.1, 0.15) is 62.0 Å². The Bertz CT molecular complexity index is 998. The zero-order valence-electron chi connectivity index (χ0n) is 18.4. The van der Waals surface area contributed by atoms with Crippen LogP contribution < -0.4 is 5.32 Å². The minimum atomic E-state index is -0.0422. The van der Waals surface area contributed by atoms with Gasteiger partial charge in [-0.05, 0) is 55.0 Å². The van der Waals surface area contributed by atoms with Gasteiger partial charge in [0.2, 0.25) is 5.91 Å². The molecule has 1 aromatic carbocycles. The van der Waals surface area contributed by atoms with Crippen molar-refractivity contribution in [2.75, 3.05) is 11.1 Å². The summed E-state index contributed by atoms with van der Waals surface area (Å²) in [5, 5.41) is 16.8. The molecule has 1 N–H and O–H groups in total. The molecule has 0 fully saturated rings. The summed E-state index contributed by atoms with van der Waals surface area (Å²) in [4.78, 5) is 12.7. The first-order valence-corrected chi connectivity index (χ1v) is 11.2. The van der Waals surface area contributed by atoms with Gasteiger partial charge in [0.25, 0.3) is 0 Å². The number of hydrogen-bond acceptors (Lipinski definition) is 5. The lowest BCUT2D eigenvalue weighted by Crippen LogP contribution is -2.17. The summed E-state index contributed by atoms with van der Waals surface area (Å²) in [6.07, 6.45) is 0. The first-order chi connectivity index (χ1) is 14.3. The van der Waals surface area contributed by atoms with Gasteiger partial charge in [-0.25, -0.2) is 4.68 Å². The third-order valence-corrected chi connectivity index (χ3v) is 5.76. The van der Waals surface area contributed by atoms with E-state index in [2.05, 4.69) is 66.5 Å². The Morgan fingerprint density at radius 3 is 2.20 bits per heavy atom. The Balaban J connectivity index is 1.67. The summed E-state index contributed by atoms with van der Waals surface area (Å²) >= 11 is 1.37. The molecule has 158 valence electrons. The van der Waals surface area contributed by atoms with Crippen molar-refractivity contribution in [2.24, 2.45) is 0 Å². The van der Waals surface area contributed by atoms with Gasteiger partial charge in [-0.3, -0.25) is 4.79 Å². The number of anilines is 1. The van der Waals surface area contributed by atoms with Crippen LogP contribution in [0, 0.1) is 13.8 Å². The summed E-state index contributed by atoms with van der Waals surface area (Å²) in [7, 11) is 0. The minimum Gasteiger partial charge on any atom is -0.325 e. The maximum atomic E-state index is 12.7. The van der Waals surface area contributed by atoms with Crippen LogP contribution in [0.2, 0.25) is 0 Å². The lowest BCUT2D eigenvalue weighted by atomic mass is 9.92. The van der Waals surface area contributed by atoms with Crippen LogP contribution in [0.4, 0.5) is 5.69 Å². The molecule has 7 heteroatoms. The van der Waals surface area contributed by atoms with Crippen LogP contribution >= 0.6 is 11.8 Å². The average molecular weight is 424 g/mol. The highest BCUT2D eigenvalue weighted by molar-refractivity contribution is 7.99. The van der Waals surface area contributed by atoms with E-state index in [1.54, 1.807) is 4.68 Å². The molecule has 2 aromatic heterocycles. The first-order valence-electron chi connectivity index (χ1n) is 10.2. The van der Waals surface area contributed by atoms with Gasteiger partial charge in [0.05, 0.1) is 11.4 Å². The Kier molecular flexibility index (Phi) is 6.92. The van der Waals surface area contributed by atoms with Crippen molar-refractivity contribution in [3.63, 3.8) is 0 Å². The van der Waals surface area contributed by atoms with Gasteiger partial charge in [-0.2, -0.15) is 5.10 Å². The number of carbonyl (C=O) groups excluding carboxylic acids is 1. The fourth-order valence-electron chi connectivity index (χ4n) is 3.37. The number of thioether (sulfide) groups is 1. The normalized spacial score (nSPS) is 11.3. The summed E-state index contributed by atoms with van der Waals surface area (Å²) in [6.45, 7) is 12.5. The topological polar surface area (TPSA) is 72.7 Å². The fraction of sp³-hybridized carbons (Fsp3) is 0.391. The fourth-order valence-corrected chi connectivity index (χ4v) is 3.99. The number of aromatic nitrogens is 4. The maximum absolute atomic E-state index is 12.7. The molecule has 0 unspecified atom stereocenters. The molecule has 1 amide bonds. The minimum absolute atomic E-state index is 0.0422. The van der Waals surface area contributed by atoms with Crippen LogP contribution in [0.15, 0.2) is 41.4 Å². The largest absolute Gasteiger partial charge is 0.325 e.